The van der Waals surface area contributed by atoms with E-state index >= 15 is 0 Å². The lowest BCUT2D eigenvalue weighted by molar-refractivity contribution is -0.113. The van der Waals surface area contributed by atoms with Gasteiger partial charge < -0.3 is 19.8 Å². The Hall–Kier alpha value is -3.62. The number of dihydropyridines is 1. The van der Waals surface area contributed by atoms with E-state index in [4.69, 9.17) is 14.4 Å². The standard InChI is InChI=1S/C21H18N4O3S/c1-13-18(20(26)25-15-6-3-4-7-16(15)27-2)19(17-8-5-10-28-17)14(12-23)21(24-13)29-11-9-22/h3-8,10,19,24H,11H2,1-2H3,(H,25,26). The molecular weight excluding hydrogens is 388 g/mol. The van der Waals surface area contributed by atoms with Gasteiger partial charge in [-0.15, -0.1) is 0 Å². The number of rotatable bonds is 6. The average molecular weight is 406 g/mol. The molecule has 146 valence electrons. The molecule has 0 saturated carbocycles. The molecule has 1 aromatic carbocycles. The summed E-state index contributed by atoms with van der Waals surface area (Å²) in [7, 11) is 1.53. The zero-order valence-electron chi connectivity index (χ0n) is 15.9. The molecule has 1 aliphatic rings. The van der Waals surface area contributed by atoms with Gasteiger partial charge in [-0.25, -0.2) is 0 Å². The van der Waals surface area contributed by atoms with Crippen LogP contribution in [0.15, 0.2) is 69.0 Å². The number of methoxy groups -OCH3 is 1. The van der Waals surface area contributed by atoms with Gasteiger partial charge in [-0.05, 0) is 31.2 Å². The topological polar surface area (TPSA) is 111 Å². The van der Waals surface area contributed by atoms with E-state index in [0.29, 0.717) is 39.1 Å². The number of benzene rings is 1. The first kappa shape index (κ1) is 20.1. The van der Waals surface area contributed by atoms with Gasteiger partial charge in [0.1, 0.15) is 11.5 Å². The Bertz CT molecular complexity index is 1060. The molecule has 1 amide bonds. The summed E-state index contributed by atoms with van der Waals surface area (Å²) in [5.41, 5.74) is 1.79. The number of hydrogen-bond donors (Lipinski definition) is 2. The average Bonchev–Trinajstić information content (AvgIpc) is 3.26. The molecule has 8 heteroatoms. The van der Waals surface area contributed by atoms with Gasteiger partial charge in [-0.1, -0.05) is 23.9 Å². The van der Waals surface area contributed by atoms with Crippen molar-refractivity contribution in [3.63, 3.8) is 0 Å². The van der Waals surface area contributed by atoms with Crippen LogP contribution in [0.25, 0.3) is 0 Å². The predicted molar refractivity (Wildman–Crippen MR) is 110 cm³/mol. The van der Waals surface area contributed by atoms with Gasteiger partial charge in [-0.2, -0.15) is 10.5 Å². The lowest BCUT2D eigenvalue weighted by atomic mass is 9.85. The molecule has 2 N–H and O–H groups in total. The number of ether oxygens (including phenoxy) is 1. The maximum atomic E-state index is 13.2. The largest absolute Gasteiger partial charge is 0.495 e. The Morgan fingerprint density at radius 2 is 2.10 bits per heavy atom. The smallest absolute Gasteiger partial charge is 0.254 e. The lowest BCUT2D eigenvalue weighted by Crippen LogP contribution is -2.30. The van der Waals surface area contributed by atoms with Gasteiger partial charge in [0.15, 0.2) is 0 Å². The predicted octanol–water partition coefficient (Wildman–Crippen LogP) is 3.88. The van der Waals surface area contributed by atoms with Crippen LogP contribution in [-0.4, -0.2) is 18.8 Å². The van der Waals surface area contributed by atoms with Crippen LogP contribution in [0.3, 0.4) is 0 Å². The Labute approximate surface area is 172 Å². The molecule has 7 nitrogen and oxygen atoms in total. The van der Waals surface area contributed by atoms with Crippen molar-refractivity contribution in [2.75, 3.05) is 18.2 Å². The van der Waals surface area contributed by atoms with Crippen molar-refractivity contribution < 1.29 is 13.9 Å². The van der Waals surface area contributed by atoms with Crippen molar-refractivity contribution >= 4 is 23.4 Å². The number of hydrogen-bond acceptors (Lipinski definition) is 7. The maximum absolute atomic E-state index is 13.2. The molecule has 0 fully saturated rings. The summed E-state index contributed by atoms with van der Waals surface area (Å²) in [6.45, 7) is 1.76. The minimum absolute atomic E-state index is 0.175. The summed E-state index contributed by atoms with van der Waals surface area (Å²) < 4.78 is 10.9. The van der Waals surface area contributed by atoms with E-state index in [1.54, 1.807) is 37.3 Å². The maximum Gasteiger partial charge on any atom is 0.254 e. The molecule has 0 bridgehead atoms. The number of nitrogens with one attached hydrogen (secondary N) is 2. The van der Waals surface area contributed by atoms with Crippen LogP contribution in [0.1, 0.15) is 18.6 Å². The Balaban J connectivity index is 2.03. The van der Waals surface area contributed by atoms with E-state index < -0.39 is 5.92 Å². The Kier molecular flexibility index (Phi) is 6.28. The number of furan rings is 1. The van der Waals surface area contributed by atoms with Crippen LogP contribution in [0.5, 0.6) is 5.75 Å². The first-order valence-corrected chi connectivity index (χ1v) is 9.68. The van der Waals surface area contributed by atoms with Gasteiger partial charge in [0.25, 0.3) is 5.91 Å². The number of nitrogens with zero attached hydrogens (tertiary/aromatic N) is 2. The number of para-hydroxylation sites is 2. The number of carbonyl (C=O) groups excluding carboxylic acids is 1. The number of nitriles is 2. The zero-order valence-corrected chi connectivity index (χ0v) is 16.7. The second-order valence-electron chi connectivity index (χ2n) is 6.07. The molecule has 1 aromatic heterocycles. The van der Waals surface area contributed by atoms with Crippen molar-refractivity contribution in [3.05, 3.63) is 70.3 Å². The van der Waals surface area contributed by atoms with E-state index in [9.17, 15) is 10.1 Å². The number of allylic oxidation sites excluding steroid dienone is 2. The van der Waals surface area contributed by atoms with E-state index in [2.05, 4.69) is 22.8 Å². The molecule has 0 aliphatic carbocycles. The highest BCUT2D eigenvalue weighted by Gasteiger charge is 2.36. The highest BCUT2D eigenvalue weighted by Crippen LogP contribution is 2.41. The molecule has 3 rings (SSSR count). The molecule has 0 radical (unpaired) electrons. The third-order valence-electron chi connectivity index (χ3n) is 4.36. The van der Waals surface area contributed by atoms with E-state index in [0.717, 1.165) is 0 Å². The minimum atomic E-state index is -0.688. The van der Waals surface area contributed by atoms with Crippen LogP contribution in [-0.2, 0) is 4.79 Å². The van der Waals surface area contributed by atoms with Gasteiger partial charge >= 0.3 is 0 Å². The number of amides is 1. The van der Waals surface area contributed by atoms with Crippen LogP contribution in [0.4, 0.5) is 5.69 Å². The molecule has 2 aromatic rings. The second-order valence-corrected chi connectivity index (χ2v) is 7.05. The SMILES string of the molecule is COc1ccccc1NC(=O)C1=C(C)NC(SCC#N)=C(C#N)C1c1ccco1. The monoisotopic (exact) mass is 406 g/mol. The highest BCUT2D eigenvalue weighted by atomic mass is 32.2. The molecular formula is C21H18N4O3S. The fourth-order valence-corrected chi connectivity index (χ4v) is 3.86. The molecule has 1 aliphatic heterocycles. The first-order valence-electron chi connectivity index (χ1n) is 8.70. The van der Waals surface area contributed by atoms with Crippen molar-refractivity contribution in [2.45, 2.75) is 12.8 Å². The Morgan fingerprint density at radius 3 is 2.76 bits per heavy atom. The fraction of sp³-hybridized carbons (Fsp3) is 0.190. The van der Waals surface area contributed by atoms with Crippen molar-refractivity contribution in [1.82, 2.24) is 5.32 Å². The molecule has 0 spiro atoms. The summed E-state index contributed by atoms with van der Waals surface area (Å²) >= 11 is 1.22. The van der Waals surface area contributed by atoms with E-state index in [-0.39, 0.29) is 11.7 Å². The summed E-state index contributed by atoms with van der Waals surface area (Å²) in [5.74, 6) is 0.112. The Morgan fingerprint density at radius 1 is 1.31 bits per heavy atom. The number of anilines is 1. The second kappa shape index (κ2) is 9.05. The van der Waals surface area contributed by atoms with Gasteiger partial charge in [0.05, 0.1) is 59.0 Å². The third kappa shape index (κ3) is 4.13. The first-order chi connectivity index (χ1) is 14.1. The van der Waals surface area contributed by atoms with Crippen LogP contribution >= 0.6 is 11.8 Å². The molecule has 1 unspecified atom stereocenters. The normalized spacial score (nSPS) is 15.9. The lowest BCUT2D eigenvalue weighted by Gasteiger charge is -2.28. The van der Waals surface area contributed by atoms with Crippen molar-refractivity contribution in [1.29, 1.82) is 10.5 Å². The molecule has 29 heavy (non-hydrogen) atoms. The fourth-order valence-electron chi connectivity index (χ4n) is 3.11. The van der Waals surface area contributed by atoms with Gasteiger partial charge in [0, 0.05) is 5.70 Å². The zero-order chi connectivity index (χ0) is 20.8. The summed E-state index contributed by atoms with van der Waals surface area (Å²) in [6.07, 6.45) is 1.50. The van der Waals surface area contributed by atoms with Crippen LogP contribution in [0, 0.1) is 22.7 Å². The van der Waals surface area contributed by atoms with Gasteiger partial charge in [-0.3, -0.25) is 4.79 Å². The van der Waals surface area contributed by atoms with Crippen LogP contribution < -0.4 is 15.4 Å². The number of thioether (sulfide) groups is 1. The summed E-state index contributed by atoms with van der Waals surface area (Å²) in [5, 5.41) is 25.3. The molecule has 2 heterocycles. The van der Waals surface area contributed by atoms with E-state index in [1.807, 2.05) is 6.07 Å². The number of carbonyl (C=O) groups is 1. The molecule has 0 saturated heterocycles. The minimum Gasteiger partial charge on any atom is -0.495 e. The van der Waals surface area contributed by atoms with Crippen LogP contribution in [0.2, 0.25) is 0 Å². The van der Waals surface area contributed by atoms with Crippen molar-refractivity contribution in [2.24, 2.45) is 0 Å². The third-order valence-corrected chi connectivity index (χ3v) is 5.24. The quantitative estimate of drug-likeness (QED) is 0.749. The molecule has 1 atom stereocenters. The highest BCUT2D eigenvalue weighted by molar-refractivity contribution is 8.03. The summed E-state index contributed by atoms with van der Waals surface area (Å²) in [4.78, 5) is 13.2. The summed E-state index contributed by atoms with van der Waals surface area (Å²) in [6, 6.07) is 14.7. The van der Waals surface area contributed by atoms with E-state index in [1.165, 1.54) is 25.1 Å². The van der Waals surface area contributed by atoms with Crippen molar-refractivity contribution in [3.8, 4) is 17.9 Å². The van der Waals surface area contributed by atoms with Gasteiger partial charge in [0.2, 0.25) is 0 Å².